The molecule has 0 saturated carbocycles. The summed E-state index contributed by atoms with van der Waals surface area (Å²) >= 11 is 0. The van der Waals surface area contributed by atoms with E-state index in [1.54, 1.807) is 31.3 Å². The predicted octanol–water partition coefficient (Wildman–Crippen LogP) is 3.30. The standard InChI is InChI=1S/C20H23N3O4/c1-5-27-19-17-16(13-7-6-12(21)8-14(13)26-4)15(20(24)25)11(3)23-18(17)10(2)9-22-19/h6-9,16,23H,5,21H2,1-4H3,(H,24,25). The molecule has 1 aliphatic rings. The summed E-state index contributed by atoms with van der Waals surface area (Å²) < 4.78 is 11.3. The molecule has 142 valence electrons. The van der Waals surface area contributed by atoms with Gasteiger partial charge in [0.1, 0.15) is 5.75 Å². The third kappa shape index (κ3) is 3.16. The van der Waals surface area contributed by atoms with E-state index in [1.807, 2.05) is 13.8 Å². The summed E-state index contributed by atoms with van der Waals surface area (Å²) in [5.41, 5.74) is 10.3. The number of aromatic nitrogens is 1. The lowest BCUT2D eigenvalue weighted by Crippen LogP contribution is -2.25. The number of methoxy groups -OCH3 is 1. The van der Waals surface area contributed by atoms with Gasteiger partial charge in [0.15, 0.2) is 0 Å². The molecule has 2 heterocycles. The van der Waals surface area contributed by atoms with Crippen LogP contribution in [0.15, 0.2) is 35.7 Å². The van der Waals surface area contributed by atoms with Crippen LogP contribution in [-0.4, -0.2) is 29.8 Å². The fourth-order valence-corrected chi connectivity index (χ4v) is 3.47. The molecule has 0 aliphatic carbocycles. The summed E-state index contributed by atoms with van der Waals surface area (Å²) in [7, 11) is 1.54. The fourth-order valence-electron chi connectivity index (χ4n) is 3.47. The Morgan fingerprint density at radius 3 is 2.74 bits per heavy atom. The number of pyridine rings is 1. The summed E-state index contributed by atoms with van der Waals surface area (Å²) in [5, 5.41) is 13.2. The largest absolute Gasteiger partial charge is 0.496 e. The third-order valence-electron chi connectivity index (χ3n) is 4.64. The van der Waals surface area contributed by atoms with Gasteiger partial charge in [0.05, 0.1) is 36.5 Å². The number of nitrogens with two attached hydrogens (primary N) is 1. The maximum absolute atomic E-state index is 12.2. The number of nitrogens with one attached hydrogen (secondary N) is 1. The van der Waals surface area contributed by atoms with Crippen molar-refractivity contribution in [1.29, 1.82) is 0 Å². The van der Waals surface area contributed by atoms with Crippen LogP contribution >= 0.6 is 0 Å². The Labute approximate surface area is 157 Å². The van der Waals surface area contributed by atoms with Crippen molar-refractivity contribution in [3.05, 3.63) is 52.4 Å². The lowest BCUT2D eigenvalue weighted by Gasteiger charge is -2.32. The molecule has 7 heteroatoms. The summed E-state index contributed by atoms with van der Waals surface area (Å²) in [6.45, 7) is 5.95. The van der Waals surface area contributed by atoms with E-state index in [1.165, 1.54) is 7.11 Å². The van der Waals surface area contributed by atoms with Gasteiger partial charge in [0.25, 0.3) is 0 Å². The molecule has 7 nitrogen and oxygen atoms in total. The zero-order chi connectivity index (χ0) is 19.7. The van der Waals surface area contributed by atoms with Gasteiger partial charge in [-0.25, -0.2) is 9.78 Å². The molecule has 4 N–H and O–H groups in total. The summed E-state index contributed by atoms with van der Waals surface area (Å²) in [6, 6.07) is 5.22. The topological polar surface area (TPSA) is 107 Å². The number of aryl methyl sites for hydroxylation is 1. The number of ether oxygens (including phenoxy) is 2. The molecule has 3 rings (SSSR count). The van der Waals surface area contributed by atoms with Crippen molar-refractivity contribution in [3.63, 3.8) is 0 Å². The molecule has 0 fully saturated rings. The first kappa shape index (κ1) is 18.6. The zero-order valence-electron chi connectivity index (χ0n) is 15.8. The van der Waals surface area contributed by atoms with Crippen LogP contribution in [0.5, 0.6) is 11.6 Å². The van der Waals surface area contributed by atoms with Crippen LogP contribution in [0.3, 0.4) is 0 Å². The molecule has 27 heavy (non-hydrogen) atoms. The number of benzene rings is 1. The van der Waals surface area contributed by atoms with E-state index in [4.69, 9.17) is 15.2 Å². The molecule has 0 radical (unpaired) electrons. The summed E-state index contributed by atoms with van der Waals surface area (Å²) in [6.07, 6.45) is 1.72. The van der Waals surface area contributed by atoms with E-state index >= 15 is 0 Å². The van der Waals surface area contributed by atoms with Crippen LogP contribution in [0.2, 0.25) is 0 Å². The Hall–Kier alpha value is -3.22. The monoisotopic (exact) mass is 369 g/mol. The first-order valence-corrected chi connectivity index (χ1v) is 8.65. The Bertz CT molecular complexity index is 937. The average Bonchev–Trinajstić information content (AvgIpc) is 2.63. The Balaban J connectivity index is 2.37. The minimum Gasteiger partial charge on any atom is -0.496 e. The lowest BCUT2D eigenvalue weighted by molar-refractivity contribution is -0.133. The molecule has 2 aromatic rings. The maximum atomic E-state index is 12.2. The highest BCUT2D eigenvalue weighted by atomic mass is 16.5. The molecule has 1 aliphatic heterocycles. The minimum absolute atomic E-state index is 0.221. The van der Waals surface area contributed by atoms with Gasteiger partial charge in [-0.05, 0) is 32.4 Å². The number of fused-ring (bicyclic) bond motifs is 1. The molecular weight excluding hydrogens is 346 g/mol. The Kier molecular flexibility index (Phi) is 4.94. The van der Waals surface area contributed by atoms with E-state index in [2.05, 4.69) is 10.3 Å². The van der Waals surface area contributed by atoms with Crippen LogP contribution in [0.25, 0.3) is 0 Å². The highest BCUT2D eigenvalue weighted by molar-refractivity contribution is 5.94. The van der Waals surface area contributed by atoms with Crippen molar-refractivity contribution in [2.24, 2.45) is 0 Å². The molecule has 0 saturated heterocycles. The van der Waals surface area contributed by atoms with Crippen molar-refractivity contribution >= 4 is 17.3 Å². The second-order valence-corrected chi connectivity index (χ2v) is 6.37. The quantitative estimate of drug-likeness (QED) is 0.694. The van der Waals surface area contributed by atoms with Gasteiger partial charge in [0, 0.05) is 29.2 Å². The second kappa shape index (κ2) is 7.19. The van der Waals surface area contributed by atoms with Gasteiger partial charge >= 0.3 is 5.97 Å². The van der Waals surface area contributed by atoms with Crippen molar-refractivity contribution in [2.45, 2.75) is 26.7 Å². The highest BCUT2D eigenvalue weighted by Crippen LogP contribution is 2.49. The molecule has 1 atom stereocenters. The number of carboxylic acids is 1. The number of aliphatic carboxylic acids is 1. The van der Waals surface area contributed by atoms with E-state index in [-0.39, 0.29) is 5.57 Å². The summed E-state index contributed by atoms with van der Waals surface area (Å²) in [4.78, 5) is 16.6. The fraction of sp³-hybridized carbons (Fsp3) is 0.300. The normalized spacial score (nSPS) is 15.8. The SMILES string of the molecule is CCOc1ncc(C)c2c1C(c1ccc(N)cc1OC)C(C(=O)O)=C(C)N2. The lowest BCUT2D eigenvalue weighted by atomic mass is 9.80. The van der Waals surface area contributed by atoms with Gasteiger partial charge in [-0.3, -0.25) is 0 Å². The molecule has 0 spiro atoms. The first-order valence-electron chi connectivity index (χ1n) is 8.65. The number of carbonyl (C=O) groups is 1. The van der Waals surface area contributed by atoms with E-state index < -0.39 is 11.9 Å². The maximum Gasteiger partial charge on any atom is 0.334 e. The van der Waals surface area contributed by atoms with Crippen molar-refractivity contribution in [1.82, 2.24) is 4.98 Å². The van der Waals surface area contributed by atoms with Crippen LogP contribution in [0.4, 0.5) is 11.4 Å². The van der Waals surface area contributed by atoms with Gasteiger partial charge in [0.2, 0.25) is 5.88 Å². The van der Waals surface area contributed by atoms with Crippen LogP contribution < -0.4 is 20.5 Å². The number of rotatable bonds is 5. The number of hydrogen-bond donors (Lipinski definition) is 3. The average molecular weight is 369 g/mol. The minimum atomic E-state index is -1.02. The predicted molar refractivity (Wildman–Crippen MR) is 103 cm³/mol. The Morgan fingerprint density at radius 1 is 1.37 bits per heavy atom. The number of anilines is 2. The smallest absolute Gasteiger partial charge is 0.334 e. The van der Waals surface area contributed by atoms with E-state index in [0.29, 0.717) is 40.7 Å². The third-order valence-corrected chi connectivity index (χ3v) is 4.64. The molecule has 0 amide bonds. The number of allylic oxidation sites excluding steroid dienone is 1. The van der Waals surface area contributed by atoms with Crippen LogP contribution in [-0.2, 0) is 4.79 Å². The van der Waals surface area contributed by atoms with Crippen molar-refractivity contribution < 1.29 is 19.4 Å². The van der Waals surface area contributed by atoms with Gasteiger partial charge in [-0.15, -0.1) is 0 Å². The zero-order valence-corrected chi connectivity index (χ0v) is 15.8. The molecule has 1 unspecified atom stereocenters. The molecular formula is C20H23N3O4. The van der Waals surface area contributed by atoms with Crippen molar-refractivity contribution in [3.8, 4) is 11.6 Å². The molecule has 1 aromatic carbocycles. The number of nitrogen functional groups attached to an aromatic ring is 1. The number of nitrogens with zero attached hydrogens (tertiary/aromatic N) is 1. The number of carboxylic acid groups (broad SMARTS) is 1. The van der Waals surface area contributed by atoms with Crippen LogP contribution in [0.1, 0.15) is 36.5 Å². The first-order chi connectivity index (χ1) is 12.9. The van der Waals surface area contributed by atoms with E-state index in [9.17, 15) is 9.90 Å². The second-order valence-electron chi connectivity index (χ2n) is 6.37. The molecule has 1 aromatic heterocycles. The van der Waals surface area contributed by atoms with Crippen LogP contribution in [0, 0.1) is 6.92 Å². The molecule has 0 bridgehead atoms. The highest BCUT2D eigenvalue weighted by Gasteiger charge is 2.37. The van der Waals surface area contributed by atoms with E-state index in [0.717, 1.165) is 11.3 Å². The van der Waals surface area contributed by atoms with Gasteiger partial charge in [-0.1, -0.05) is 6.07 Å². The Morgan fingerprint density at radius 2 is 2.11 bits per heavy atom. The van der Waals surface area contributed by atoms with Gasteiger partial charge in [-0.2, -0.15) is 0 Å². The van der Waals surface area contributed by atoms with Gasteiger partial charge < -0.3 is 25.6 Å². The summed E-state index contributed by atoms with van der Waals surface area (Å²) in [5.74, 6) is -0.703. The number of hydrogen-bond acceptors (Lipinski definition) is 6. The van der Waals surface area contributed by atoms with Crippen molar-refractivity contribution in [2.75, 3.05) is 24.8 Å².